The van der Waals surface area contributed by atoms with Gasteiger partial charge in [0.2, 0.25) is 10.0 Å². The van der Waals surface area contributed by atoms with E-state index >= 15 is 0 Å². The second-order valence-corrected chi connectivity index (χ2v) is 12.1. The molecule has 0 aliphatic carbocycles. The minimum atomic E-state index is -3.68. The molecule has 0 radical (unpaired) electrons. The van der Waals surface area contributed by atoms with Gasteiger partial charge in [-0.2, -0.15) is 16.1 Å². The maximum absolute atomic E-state index is 13.6. The molecule has 1 aromatic rings. The Morgan fingerprint density at radius 2 is 1.70 bits per heavy atom. The maximum atomic E-state index is 13.6. The lowest BCUT2D eigenvalue weighted by atomic mass is 10.1. The lowest BCUT2D eigenvalue weighted by Gasteiger charge is -2.39. The van der Waals surface area contributed by atoms with Crippen molar-refractivity contribution in [3.8, 4) is 5.75 Å². The van der Waals surface area contributed by atoms with Gasteiger partial charge in [0.1, 0.15) is 12.0 Å². The van der Waals surface area contributed by atoms with Gasteiger partial charge in [-0.05, 0) is 51.0 Å². The van der Waals surface area contributed by atoms with Gasteiger partial charge in [0.05, 0.1) is 31.3 Å². The fourth-order valence-electron chi connectivity index (χ4n) is 4.61. The molecule has 188 valence electrons. The van der Waals surface area contributed by atoms with Crippen molar-refractivity contribution in [1.82, 2.24) is 14.1 Å². The van der Waals surface area contributed by atoms with E-state index < -0.39 is 16.3 Å². The fraction of sp³-hybridized carbons (Fsp3) is 0.739. The van der Waals surface area contributed by atoms with Crippen molar-refractivity contribution in [3.63, 3.8) is 0 Å². The van der Waals surface area contributed by atoms with Crippen LogP contribution in [0, 0.1) is 13.8 Å². The van der Waals surface area contributed by atoms with E-state index in [9.17, 15) is 13.5 Å². The number of thioether (sulfide) groups is 1. The highest BCUT2D eigenvalue weighted by atomic mass is 32.2. The molecule has 0 amide bonds. The first kappa shape index (κ1) is 26.7. The molecule has 2 aliphatic heterocycles. The molecule has 2 fully saturated rings. The molecule has 8 nitrogen and oxygen atoms in total. The third-order valence-corrected chi connectivity index (χ3v) is 9.84. The van der Waals surface area contributed by atoms with Gasteiger partial charge in [0.15, 0.2) is 0 Å². The third kappa shape index (κ3) is 6.42. The SMILES string of the molecule is COc1cc(C)c(S(=O)(=O)N2CCSCC2COCC(O)N2CCN(C(C)C)CC2)c(C)c1. The van der Waals surface area contributed by atoms with E-state index in [2.05, 4.69) is 18.7 Å². The number of aryl methyl sites for hydroxylation is 2. The number of rotatable bonds is 9. The molecular formula is C23H39N3O5S2. The number of aliphatic hydroxyl groups excluding tert-OH is 1. The summed E-state index contributed by atoms with van der Waals surface area (Å²) in [6.45, 7) is 12.4. The average molecular weight is 502 g/mol. The van der Waals surface area contributed by atoms with Crippen LogP contribution in [0.5, 0.6) is 5.75 Å². The number of hydrogen-bond donors (Lipinski definition) is 1. The van der Waals surface area contributed by atoms with E-state index in [-0.39, 0.29) is 19.3 Å². The van der Waals surface area contributed by atoms with Crippen LogP contribution in [-0.2, 0) is 14.8 Å². The van der Waals surface area contributed by atoms with E-state index in [1.807, 2.05) is 18.7 Å². The molecule has 10 heteroatoms. The molecule has 2 unspecified atom stereocenters. The molecule has 2 aliphatic rings. The molecule has 1 aromatic carbocycles. The summed E-state index contributed by atoms with van der Waals surface area (Å²) in [5.41, 5.74) is 1.36. The normalized spacial score (nSPS) is 22.6. The monoisotopic (exact) mass is 501 g/mol. The molecule has 2 saturated heterocycles. The second kappa shape index (κ2) is 11.7. The van der Waals surface area contributed by atoms with Crippen LogP contribution in [0.3, 0.4) is 0 Å². The highest BCUT2D eigenvalue weighted by Crippen LogP contribution is 2.31. The quantitative estimate of drug-likeness (QED) is 0.548. The van der Waals surface area contributed by atoms with Crippen molar-refractivity contribution in [2.45, 2.75) is 50.9 Å². The number of hydrogen-bond acceptors (Lipinski definition) is 8. The summed E-state index contributed by atoms with van der Waals surface area (Å²) >= 11 is 1.74. The number of benzene rings is 1. The highest BCUT2D eigenvalue weighted by molar-refractivity contribution is 7.99. The zero-order valence-electron chi connectivity index (χ0n) is 20.5. The molecule has 2 heterocycles. The molecule has 0 bridgehead atoms. The van der Waals surface area contributed by atoms with Crippen molar-refractivity contribution in [2.24, 2.45) is 0 Å². The van der Waals surface area contributed by atoms with Crippen LogP contribution in [0.2, 0.25) is 0 Å². The van der Waals surface area contributed by atoms with Crippen molar-refractivity contribution < 1.29 is 23.0 Å². The van der Waals surface area contributed by atoms with Crippen LogP contribution < -0.4 is 4.74 Å². The van der Waals surface area contributed by atoms with Crippen molar-refractivity contribution in [3.05, 3.63) is 23.3 Å². The molecule has 0 spiro atoms. The lowest BCUT2D eigenvalue weighted by Crippen LogP contribution is -2.53. The van der Waals surface area contributed by atoms with E-state index in [0.717, 1.165) is 31.9 Å². The fourth-order valence-corrected chi connectivity index (χ4v) is 7.88. The molecule has 0 saturated carbocycles. The van der Waals surface area contributed by atoms with Crippen molar-refractivity contribution in [1.29, 1.82) is 0 Å². The summed E-state index contributed by atoms with van der Waals surface area (Å²) in [5.74, 6) is 2.09. The van der Waals surface area contributed by atoms with Gasteiger partial charge in [-0.3, -0.25) is 9.80 Å². The topological polar surface area (TPSA) is 82.5 Å². The Kier molecular flexibility index (Phi) is 9.47. The van der Waals surface area contributed by atoms with Gasteiger partial charge >= 0.3 is 0 Å². The van der Waals surface area contributed by atoms with Crippen molar-refractivity contribution in [2.75, 3.05) is 64.6 Å². The van der Waals surface area contributed by atoms with E-state index in [1.54, 1.807) is 35.3 Å². The number of aliphatic hydroxyl groups is 1. The van der Waals surface area contributed by atoms with Crippen LogP contribution in [0.4, 0.5) is 0 Å². The van der Waals surface area contributed by atoms with Crippen molar-refractivity contribution >= 4 is 21.8 Å². The number of sulfonamides is 1. The Balaban J connectivity index is 1.62. The Morgan fingerprint density at radius 1 is 1.09 bits per heavy atom. The van der Waals surface area contributed by atoms with Gasteiger partial charge in [0, 0.05) is 50.3 Å². The van der Waals surface area contributed by atoms with Gasteiger partial charge in [-0.25, -0.2) is 8.42 Å². The number of nitrogens with zero attached hydrogens (tertiary/aromatic N) is 3. The maximum Gasteiger partial charge on any atom is 0.243 e. The summed E-state index contributed by atoms with van der Waals surface area (Å²) in [6.07, 6.45) is -0.674. The summed E-state index contributed by atoms with van der Waals surface area (Å²) < 4.78 is 40.0. The predicted molar refractivity (Wildman–Crippen MR) is 133 cm³/mol. The minimum absolute atomic E-state index is 0.178. The molecule has 2 atom stereocenters. The highest BCUT2D eigenvalue weighted by Gasteiger charge is 2.36. The molecule has 1 N–H and O–H groups in total. The van der Waals surface area contributed by atoms with Crippen LogP contribution in [0.15, 0.2) is 17.0 Å². The largest absolute Gasteiger partial charge is 0.497 e. The number of piperazine rings is 1. The number of ether oxygens (including phenoxy) is 2. The lowest BCUT2D eigenvalue weighted by molar-refractivity contribution is -0.0802. The van der Waals surface area contributed by atoms with Crippen LogP contribution >= 0.6 is 11.8 Å². The van der Waals surface area contributed by atoms with Gasteiger partial charge in [-0.1, -0.05) is 0 Å². The van der Waals surface area contributed by atoms with E-state index in [4.69, 9.17) is 9.47 Å². The first-order valence-corrected chi connectivity index (χ1v) is 14.2. The standard InChI is InChI=1S/C23H39N3O5S2/c1-17(2)24-6-8-25(9-7-24)22(27)15-31-14-20-16-32-11-10-26(20)33(28,29)23-18(3)12-21(30-5)13-19(23)4/h12-13,17,20,22,27H,6-11,14-16H2,1-5H3. The van der Waals surface area contributed by atoms with E-state index in [0.29, 0.717) is 40.1 Å². The summed E-state index contributed by atoms with van der Waals surface area (Å²) in [4.78, 5) is 4.78. The summed E-state index contributed by atoms with van der Waals surface area (Å²) in [6, 6.07) is 3.77. The zero-order chi connectivity index (χ0) is 24.2. The second-order valence-electron chi connectivity index (χ2n) is 9.12. The molecule has 3 rings (SSSR count). The Morgan fingerprint density at radius 3 is 2.27 bits per heavy atom. The summed E-state index contributed by atoms with van der Waals surface area (Å²) in [7, 11) is -2.10. The van der Waals surface area contributed by atoms with Crippen LogP contribution in [0.1, 0.15) is 25.0 Å². The van der Waals surface area contributed by atoms with E-state index in [1.165, 1.54) is 0 Å². The van der Waals surface area contributed by atoms with Crippen LogP contribution in [-0.4, -0.2) is 110 Å². The van der Waals surface area contributed by atoms with Gasteiger partial charge < -0.3 is 14.6 Å². The number of methoxy groups -OCH3 is 1. The van der Waals surface area contributed by atoms with Crippen LogP contribution in [0.25, 0.3) is 0 Å². The Labute approximate surface area is 203 Å². The first-order chi connectivity index (χ1) is 15.6. The zero-order valence-corrected chi connectivity index (χ0v) is 22.1. The van der Waals surface area contributed by atoms with Gasteiger partial charge in [0.25, 0.3) is 0 Å². The minimum Gasteiger partial charge on any atom is -0.497 e. The Hall–Kier alpha value is -0.880. The third-order valence-electron chi connectivity index (χ3n) is 6.49. The summed E-state index contributed by atoms with van der Waals surface area (Å²) in [5, 5.41) is 10.6. The predicted octanol–water partition coefficient (Wildman–Crippen LogP) is 1.78. The Bertz CT molecular complexity index is 865. The first-order valence-electron chi connectivity index (χ1n) is 11.6. The van der Waals surface area contributed by atoms with Gasteiger partial charge in [-0.15, -0.1) is 0 Å². The molecule has 33 heavy (non-hydrogen) atoms. The molecular weight excluding hydrogens is 462 g/mol. The molecule has 0 aromatic heterocycles. The smallest absolute Gasteiger partial charge is 0.243 e. The average Bonchev–Trinajstić information content (AvgIpc) is 2.78.